The summed E-state index contributed by atoms with van der Waals surface area (Å²) in [6, 6.07) is 13.2. The largest absolute Gasteiger partial charge is 0.353 e. The predicted octanol–water partition coefficient (Wildman–Crippen LogP) is 2.55. The second kappa shape index (κ2) is 13.4. The molecule has 1 saturated heterocycles. The third-order valence-electron chi connectivity index (χ3n) is 6.31. The van der Waals surface area contributed by atoms with Crippen LogP contribution in [0.1, 0.15) is 36.1 Å². The number of hydrogen-bond donors (Lipinski definition) is 2. The first kappa shape index (κ1) is 26.9. The molecule has 0 spiro atoms. The highest BCUT2D eigenvalue weighted by Gasteiger charge is 2.28. The van der Waals surface area contributed by atoms with E-state index >= 15 is 0 Å². The summed E-state index contributed by atoms with van der Waals surface area (Å²) >= 11 is 0. The van der Waals surface area contributed by atoms with Crippen molar-refractivity contribution in [3.8, 4) is 0 Å². The Balaban J connectivity index is 1.58. The Morgan fingerprint density at radius 3 is 2.42 bits per heavy atom. The van der Waals surface area contributed by atoms with Gasteiger partial charge in [0.1, 0.15) is 11.9 Å². The maximum Gasteiger partial charge on any atom is 0.245 e. The van der Waals surface area contributed by atoms with Gasteiger partial charge in [0.25, 0.3) is 0 Å². The highest BCUT2D eigenvalue weighted by molar-refractivity contribution is 5.88. The van der Waals surface area contributed by atoms with Gasteiger partial charge in [-0.25, -0.2) is 4.98 Å². The molecule has 3 amide bonds. The van der Waals surface area contributed by atoms with Gasteiger partial charge in [-0.15, -0.1) is 0 Å². The van der Waals surface area contributed by atoms with Crippen LogP contribution in [-0.4, -0.2) is 66.4 Å². The Morgan fingerprint density at radius 2 is 1.75 bits per heavy atom. The second-order valence-electron chi connectivity index (χ2n) is 9.22. The summed E-state index contributed by atoms with van der Waals surface area (Å²) in [5, 5.41) is 5.73. The van der Waals surface area contributed by atoms with E-state index < -0.39 is 6.04 Å². The van der Waals surface area contributed by atoms with E-state index in [-0.39, 0.29) is 24.1 Å². The number of unbranched alkanes of at least 4 members (excludes halogenated alkanes) is 1. The molecule has 1 atom stereocenters. The number of nitrogens with one attached hydrogen (secondary N) is 2. The van der Waals surface area contributed by atoms with Crippen molar-refractivity contribution in [2.45, 2.75) is 45.6 Å². The van der Waals surface area contributed by atoms with E-state index in [0.29, 0.717) is 52.0 Å². The van der Waals surface area contributed by atoms with Crippen molar-refractivity contribution >= 4 is 23.5 Å². The smallest absolute Gasteiger partial charge is 0.245 e. The highest BCUT2D eigenvalue weighted by Crippen LogP contribution is 2.16. The number of rotatable bonds is 11. The van der Waals surface area contributed by atoms with Crippen LogP contribution in [0, 0.1) is 13.8 Å². The summed E-state index contributed by atoms with van der Waals surface area (Å²) in [4.78, 5) is 46.2. The SMILES string of the molecule is C=CC(=O)NCCCC[C@H](NC(=O)Cc1ccc(C)cc1)C(=O)N1CCN(c2cccc(C)n2)CC1. The topological polar surface area (TPSA) is 94.6 Å². The quantitative estimate of drug-likeness (QED) is 0.372. The summed E-state index contributed by atoms with van der Waals surface area (Å²) in [7, 11) is 0. The molecule has 0 radical (unpaired) electrons. The van der Waals surface area contributed by atoms with Crippen LogP contribution in [-0.2, 0) is 20.8 Å². The number of pyridine rings is 1. The van der Waals surface area contributed by atoms with E-state index in [4.69, 9.17) is 0 Å². The Kier molecular flexibility index (Phi) is 10.0. The molecular formula is C28H37N5O3. The number of carbonyl (C=O) groups is 3. The lowest BCUT2D eigenvalue weighted by atomic mass is 10.1. The first-order chi connectivity index (χ1) is 17.4. The van der Waals surface area contributed by atoms with Crippen LogP contribution in [0.25, 0.3) is 0 Å². The first-order valence-corrected chi connectivity index (χ1v) is 12.6. The number of aromatic nitrogens is 1. The van der Waals surface area contributed by atoms with Gasteiger partial charge < -0.3 is 20.4 Å². The molecule has 2 N–H and O–H groups in total. The normalized spacial score (nSPS) is 14.2. The lowest BCUT2D eigenvalue weighted by molar-refractivity contribution is -0.136. The average molecular weight is 492 g/mol. The van der Waals surface area contributed by atoms with Gasteiger partial charge in [-0.2, -0.15) is 0 Å². The molecule has 2 aromatic rings. The zero-order chi connectivity index (χ0) is 25.9. The fourth-order valence-electron chi connectivity index (χ4n) is 4.23. The van der Waals surface area contributed by atoms with E-state index in [1.165, 1.54) is 6.08 Å². The average Bonchev–Trinajstić information content (AvgIpc) is 2.88. The highest BCUT2D eigenvalue weighted by atomic mass is 16.2. The van der Waals surface area contributed by atoms with E-state index in [9.17, 15) is 14.4 Å². The lowest BCUT2D eigenvalue weighted by Crippen LogP contribution is -2.55. The number of nitrogens with zero attached hydrogens (tertiary/aromatic N) is 3. The fourth-order valence-corrected chi connectivity index (χ4v) is 4.23. The van der Waals surface area contributed by atoms with Crippen molar-refractivity contribution in [1.82, 2.24) is 20.5 Å². The van der Waals surface area contributed by atoms with E-state index in [1.807, 2.05) is 61.2 Å². The molecule has 0 bridgehead atoms. The third-order valence-corrected chi connectivity index (χ3v) is 6.31. The number of piperazine rings is 1. The third kappa shape index (κ3) is 8.22. The molecule has 1 fully saturated rings. The monoisotopic (exact) mass is 491 g/mol. The maximum atomic E-state index is 13.4. The minimum absolute atomic E-state index is 0.0563. The standard InChI is InChI=1S/C28H37N5O3/c1-4-26(34)29-15-6-5-9-24(31-27(35)20-23-13-11-21(2)12-14-23)28(36)33-18-16-32(17-19-33)25-10-7-8-22(3)30-25/h4,7-8,10-14,24H,1,5-6,9,15-20H2,2-3H3,(H,29,34)(H,31,35)/t24-/m0/s1. The van der Waals surface area contributed by atoms with Gasteiger partial charge in [0.05, 0.1) is 6.42 Å². The van der Waals surface area contributed by atoms with Crippen LogP contribution < -0.4 is 15.5 Å². The molecule has 2 heterocycles. The van der Waals surface area contributed by atoms with Gasteiger partial charge in [0.2, 0.25) is 17.7 Å². The maximum absolute atomic E-state index is 13.4. The number of aryl methyl sites for hydroxylation is 2. The second-order valence-corrected chi connectivity index (χ2v) is 9.22. The zero-order valence-electron chi connectivity index (χ0n) is 21.3. The molecule has 0 unspecified atom stereocenters. The molecule has 1 aromatic heterocycles. The molecule has 36 heavy (non-hydrogen) atoms. The molecule has 8 heteroatoms. The molecule has 0 saturated carbocycles. The number of benzene rings is 1. The van der Waals surface area contributed by atoms with E-state index in [2.05, 4.69) is 27.1 Å². The lowest BCUT2D eigenvalue weighted by Gasteiger charge is -2.37. The Labute approximate surface area is 213 Å². The molecule has 1 aliphatic heterocycles. The van der Waals surface area contributed by atoms with Crippen molar-refractivity contribution in [1.29, 1.82) is 0 Å². The Bertz CT molecular complexity index is 1050. The molecule has 3 rings (SSSR count). The molecule has 8 nitrogen and oxygen atoms in total. The zero-order valence-corrected chi connectivity index (χ0v) is 21.3. The Hall–Kier alpha value is -3.68. The minimum Gasteiger partial charge on any atom is -0.353 e. The molecule has 0 aliphatic carbocycles. The summed E-state index contributed by atoms with van der Waals surface area (Å²) in [6.07, 6.45) is 3.40. The number of carbonyl (C=O) groups excluding carboxylic acids is 3. The summed E-state index contributed by atoms with van der Waals surface area (Å²) < 4.78 is 0. The van der Waals surface area contributed by atoms with Gasteiger partial charge in [-0.05, 0) is 56.9 Å². The van der Waals surface area contributed by atoms with Gasteiger partial charge in [0, 0.05) is 38.4 Å². The molecule has 1 aliphatic rings. The first-order valence-electron chi connectivity index (χ1n) is 12.6. The van der Waals surface area contributed by atoms with Gasteiger partial charge in [-0.1, -0.05) is 42.5 Å². The van der Waals surface area contributed by atoms with E-state index in [1.54, 1.807) is 0 Å². The molecule has 1 aromatic carbocycles. The van der Waals surface area contributed by atoms with Crippen LogP contribution in [0.2, 0.25) is 0 Å². The van der Waals surface area contributed by atoms with Crippen LogP contribution in [0.4, 0.5) is 5.82 Å². The van der Waals surface area contributed by atoms with E-state index in [0.717, 1.165) is 22.6 Å². The summed E-state index contributed by atoms with van der Waals surface area (Å²) in [5.74, 6) is 0.487. The Morgan fingerprint density at radius 1 is 1.03 bits per heavy atom. The van der Waals surface area contributed by atoms with Crippen molar-refractivity contribution < 1.29 is 14.4 Å². The number of amides is 3. The number of anilines is 1. The van der Waals surface area contributed by atoms with Crippen molar-refractivity contribution in [2.75, 3.05) is 37.6 Å². The van der Waals surface area contributed by atoms with Crippen LogP contribution in [0.15, 0.2) is 55.1 Å². The van der Waals surface area contributed by atoms with Crippen molar-refractivity contribution in [3.05, 3.63) is 71.9 Å². The minimum atomic E-state index is -0.596. The predicted molar refractivity (Wildman–Crippen MR) is 142 cm³/mol. The van der Waals surface area contributed by atoms with Gasteiger partial charge in [0.15, 0.2) is 0 Å². The van der Waals surface area contributed by atoms with Crippen LogP contribution in [0.5, 0.6) is 0 Å². The summed E-state index contributed by atoms with van der Waals surface area (Å²) in [6.45, 7) is 10.5. The van der Waals surface area contributed by atoms with Crippen molar-refractivity contribution in [3.63, 3.8) is 0 Å². The van der Waals surface area contributed by atoms with Gasteiger partial charge >= 0.3 is 0 Å². The summed E-state index contributed by atoms with van der Waals surface area (Å²) in [5.41, 5.74) is 3.01. The van der Waals surface area contributed by atoms with Crippen LogP contribution >= 0.6 is 0 Å². The fraction of sp³-hybridized carbons (Fsp3) is 0.429. The van der Waals surface area contributed by atoms with Crippen LogP contribution in [0.3, 0.4) is 0 Å². The van der Waals surface area contributed by atoms with Gasteiger partial charge in [-0.3, -0.25) is 14.4 Å². The number of hydrogen-bond acceptors (Lipinski definition) is 5. The molecule has 192 valence electrons. The molecular weight excluding hydrogens is 454 g/mol. The van der Waals surface area contributed by atoms with Crippen molar-refractivity contribution in [2.24, 2.45) is 0 Å².